The van der Waals surface area contributed by atoms with Gasteiger partial charge in [0.15, 0.2) is 0 Å². The van der Waals surface area contributed by atoms with Gasteiger partial charge in [-0.25, -0.2) is 9.37 Å². The second-order valence-electron chi connectivity index (χ2n) is 5.60. The first-order valence-electron chi connectivity index (χ1n) is 8.40. The minimum absolute atomic E-state index is 0.127. The predicted octanol–water partition coefficient (Wildman–Crippen LogP) is 4.50. The zero-order chi connectivity index (χ0) is 19.1. The molecule has 0 fully saturated rings. The molecule has 3 rings (SSSR count). The number of anilines is 1. The van der Waals surface area contributed by atoms with Crippen LogP contribution in [0.2, 0.25) is 0 Å². The number of nitrogens with one attached hydrogen (secondary N) is 1. The zero-order valence-electron chi connectivity index (χ0n) is 14.7. The summed E-state index contributed by atoms with van der Waals surface area (Å²) in [6.45, 7) is 2.11. The van der Waals surface area contributed by atoms with E-state index in [1.54, 1.807) is 24.4 Å². The summed E-state index contributed by atoms with van der Waals surface area (Å²) in [5.74, 6) is -0.622. The van der Waals surface area contributed by atoms with Gasteiger partial charge in [0.25, 0.3) is 0 Å². The molecule has 138 valence electrons. The van der Waals surface area contributed by atoms with Gasteiger partial charge < -0.3 is 4.74 Å². The molecule has 27 heavy (non-hydrogen) atoms. The van der Waals surface area contributed by atoms with Gasteiger partial charge in [-0.3, -0.25) is 10.2 Å². The van der Waals surface area contributed by atoms with Crippen molar-refractivity contribution >= 4 is 28.7 Å². The fourth-order valence-electron chi connectivity index (χ4n) is 2.42. The van der Waals surface area contributed by atoms with Gasteiger partial charge in [-0.05, 0) is 24.1 Å². The van der Waals surface area contributed by atoms with Crippen LogP contribution in [0.25, 0.3) is 11.1 Å². The largest absolute Gasteiger partial charge is 0.466 e. The number of thiazole rings is 1. The first-order valence-corrected chi connectivity index (χ1v) is 9.27. The molecule has 0 aliphatic carbocycles. The van der Waals surface area contributed by atoms with E-state index >= 15 is 0 Å². The number of carbonyl (C=O) groups is 1. The molecule has 1 N–H and O–H groups in total. The summed E-state index contributed by atoms with van der Waals surface area (Å²) in [6.07, 6.45) is 1.65. The number of hydrogen-bond donors (Lipinski definition) is 1. The molecule has 1 aromatic heterocycles. The summed E-state index contributed by atoms with van der Waals surface area (Å²) in [6, 6.07) is 14.3. The average Bonchev–Trinajstić information content (AvgIpc) is 3.10. The highest BCUT2D eigenvalue weighted by Gasteiger charge is 2.08. The summed E-state index contributed by atoms with van der Waals surface area (Å²) in [4.78, 5) is 15.7. The van der Waals surface area contributed by atoms with Crippen molar-refractivity contribution in [3.05, 3.63) is 71.0 Å². The van der Waals surface area contributed by atoms with E-state index in [-0.39, 0.29) is 18.2 Å². The highest BCUT2D eigenvalue weighted by molar-refractivity contribution is 7.13. The van der Waals surface area contributed by atoms with E-state index < -0.39 is 0 Å². The molecular formula is C20H18FN3O2S. The van der Waals surface area contributed by atoms with Crippen molar-refractivity contribution < 1.29 is 13.9 Å². The third kappa shape index (κ3) is 5.21. The van der Waals surface area contributed by atoms with Crippen LogP contribution in [-0.2, 0) is 16.0 Å². The van der Waals surface area contributed by atoms with Crippen LogP contribution >= 0.6 is 11.3 Å². The lowest BCUT2D eigenvalue weighted by Crippen LogP contribution is -2.07. The number of hydrogen-bond acceptors (Lipinski definition) is 6. The molecule has 0 unspecified atom stereocenters. The third-order valence-electron chi connectivity index (χ3n) is 3.63. The first kappa shape index (κ1) is 18.7. The Hall–Kier alpha value is -3.06. The monoisotopic (exact) mass is 383 g/mol. The number of benzene rings is 2. The van der Waals surface area contributed by atoms with Crippen LogP contribution in [-0.4, -0.2) is 23.8 Å². The lowest BCUT2D eigenvalue weighted by Gasteiger charge is -2.04. The minimum atomic E-state index is -0.313. The van der Waals surface area contributed by atoms with Gasteiger partial charge in [0.05, 0.1) is 24.9 Å². The van der Waals surface area contributed by atoms with Crippen molar-refractivity contribution in [2.75, 3.05) is 12.0 Å². The second kappa shape index (κ2) is 9.05. The van der Waals surface area contributed by atoms with E-state index in [9.17, 15) is 9.18 Å². The van der Waals surface area contributed by atoms with Gasteiger partial charge >= 0.3 is 5.97 Å². The maximum atomic E-state index is 14.3. The van der Waals surface area contributed by atoms with Gasteiger partial charge in [-0.15, -0.1) is 11.3 Å². The van der Waals surface area contributed by atoms with Crippen LogP contribution in [0.1, 0.15) is 18.2 Å². The maximum absolute atomic E-state index is 14.3. The predicted molar refractivity (Wildman–Crippen MR) is 106 cm³/mol. The number of ether oxygens (including phenoxy) is 1. The van der Waals surface area contributed by atoms with Crippen molar-refractivity contribution in [2.24, 2.45) is 5.10 Å². The lowest BCUT2D eigenvalue weighted by atomic mass is 10.0. The number of nitrogens with zero attached hydrogens (tertiary/aromatic N) is 2. The van der Waals surface area contributed by atoms with Crippen LogP contribution in [0.3, 0.4) is 0 Å². The molecule has 0 radical (unpaired) electrons. The van der Waals surface area contributed by atoms with E-state index in [1.807, 2.05) is 30.3 Å². The van der Waals surface area contributed by atoms with Crippen molar-refractivity contribution in [1.29, 1.82) is 0 Å². The van der Waals surface area contributed by atoms with Crippen LogP contribution in [0.15, 0.2) is 59.0 Å². The summed E-state index contributed by atoms with van der Waals surface area (Å²) in [5.41, 5.74) is 5.41. The molecule has 3 aromatic rings. The summed E-state index contributed by atoms with van der Waals surface area (Å²) >= 11 is 1.33. The Kier molecular flexibility index (Phi) is 6.27. The van der Waals surface area contributed by atoms with Crippen LogP contribution in [0.4, 0.5) is 9.52 Å². The Balaban J connectivity index is 1.61. The summed E-state index contributed by atoms with van der Waals surface area (Å²) < 4.78 is 19.2. The van der Waals surface area contributed by atoms with Gasteiger partial charge in [-0.2, -0.15) is 5.10 Å². The first-order chi connectivity index (χ1) is 13.2. The zero-order valence-corrected chi connectivity index (χ0v) is 15.5. The fraction of sp³-hybridized carbons (Fsp3) is 0.150. The second-order valence-corrected chi connectivity index (χ2v) is 6.46. The van der Waals surface area contributed by atoms with E-state index in [2.05, 4.69) is 15.5 Å². The van der Waals surface area contributed by atoms with Gasteiger partial charge in [0.1, 0.15) is 5.82 Å². The number of esters is 1. The highest BCUT2D eigenvalue weighted by atomic mass is 32.1. The molecule has 0 saturated carbocycles. The fourth-order valence-corrected chi connectivity index (χ4v) is 3.08. The van der Waals surface area contributed by atoms with Crippen LogP contribution in [0, 0.1) is 5.82 Å². The van der Waals surface area contributed by atoms with Crippen LogP contribution < -0.4 is 5.43 Å². The van der Waals surface area contributed by atoms with Crippen molar-refractivity contribution in [3.63, 3.8) is 0 Å². The molecule has 5 nitrogen and oxygen atoms in total. The van der Waals surface area contributed by atoms with E-state index in [1.165, 1.54) is 23.6 Å². The lowest BCUT2D eigenvalue weighted by molar-refractivity contribution is -0.142. The Morgan fingerprint density at radius 2 is 2.11 bits per heavy atom. The van der Waals surface area contributed by atoms with Crippen molar-refractivity contribution in [1.82, 2.24) is 4.98 Å². The molecule has 0 amide bonds. The summed E-state index contributed by atoms with van der Waals surface area (Å²) in [7, 11) is 0. The molecule has 0 aliphatic heterocycles. The van der Waals surface area contributed by atoms with E-state index in [4.69, 9.17) is 4.74 Å². The maximum Gasteiger partial charge on any atom is 0.311 e. The van der Waals surface area contributed by atoms with Crippen molar-refractivity contribution in [2.45, 2.75) is 13.3 Å². The SMILES string of the molecule is CCOC(=O)Cc1csc(NN=Cc2ccc(-c3ccccc3)c(F)c2)n1. The molecule has 0 saturated heterocycles. The quantitative estimate of drug-likeness (QED) is 0.371. The Morgan fingerprint density at radius 3 is 2.85 bits per heavy atom. The number of halogens is 1. The number of hydrazone groups is 1. The third-order valence-corrected chi connectivity index (χ3v) is 4.43. The molecule has 0 atom stereocenters. The normalized spacial score (nSPS) is 10.9. The Labute approximate surface area is 160 Å². The highest BCUT2D eigenvalue weighted by Crippen LogP contribution is 2.23. The molecule has 0 bridgehead atoms. The molecular weight excluding hydrogens is 365 g/mol. The van der Waals surface area contributed by atoms with Crippen molar-refractivity contribution in [3.8, 4) is 11.1 Å². The molecule has 1 heterocycles. The van der Waals surface area contributed by atoms with E-state index in [0.717, 1.165) is 5.56 Å². The number of carbonyl (C=O) groups excluding carboxylic acids is 1. The standard InChI is InChI=1S/C20H18FN3O2S/c1-2-26-19(25)11-16-13-27-20(23-16)24-22-12-14-8-9-17(18(21)10-14)15-6-4-3-5-7-15/h3-10,12-13H,2,11H2,1H3,(H,23,24). The molecule has 0 spiro atoms. The minimum Gasteiger partial charge on any atom is -0.466 e. The number of aromatic nitrogens is 1. The summed E-state index contributed by atoms with van der Waals surface area (Å²) in [5, 5.41) is 6.39. The van der Waals surface area contributed by atoms with Gasteiger partial charge in [-0.1, -0.05) is 42.5 Å². The molecule has 7 heteroatoms. The Morgan fingerprint density at radius 1 is 1.30 bits per heavy atom. The van der Waals surface area contributed by atoms with Gasteiger partial charge in [0.2, 0.25) is 5.13 Å². The van der Waals surface area contributed by atoms with E-state index in [0.29, 0.717) is 28.6 Å². The topological polar surface area (TPSA) is 63.6 Å². The number of rotatable bonds is 7. The molecule has 0 aliphatic rings. The average molecular weight is 383 g/mol. The van der Waals surface area contributed by atoms with Gasteiger partial charge in [0, 0.05) is 10.9 Å². The Bertz CT molecular complexity index is 941. The smallest absolute Gasteiger partial charge is 0.311 e. The molecule has 2 aromatic carbocycles. The van der Waals surface area contributed by atoms with Crippen LogP contribution in [0.5, 0.6) is 0 Å².